The van der Waals surface area contributed by atoms with E-state index >= 15 is 0 Å². The number of hydrogen-bond acceptors (Lipinski definition) is 3. The third-order valence-corrected chi connectivity index (χ3v) is 4.43. The highest BCUT2D eigenvalue weighted by Crippen LogP contribution is 2.12. The fourth-order valence-electron chi connectivity index (χ4n) is 2.80. The Kier molecular flexibility index (Phi) is 5.85. The number of benzene rings is 1. The van der Waals surface area contributed by atoms with Crippen LogP contribution in [-0.2, 0) is 13.1 Å². The summed E-state index contributed by atoms with van der Waals surface area (Å²) in [4.78, 5) is 18.1. The first-order valence-electron chi connectivity index (χ1n) is 8.37. The lowest BCUT2D eigenvalue weighted by atomic mass is 10.2. The van der Waals surface area contributed by atoms with Crippen LogP contribution in [0.5, 0.6) is 5.75 Å². The molecule has 0 bridgehead atoms. The summed E-state index contributed by atoms with van der Waals surface area (Å²) in [5.74, 6) is 0.835. The largest absolute Gasteiger partial charge is 0.490 e. The molecule has 6 heteroatoms. The second-order valence-electron chi connectivity index (χ2n) is 6.22. The van der Waals surface area contributed by atoms with Crippen molar-refractivity contribution < 1.29 is 9.64 Å². The Bertz CT molecular complexity index is 967. The van der Waals surface area contributed by atoms with Gasteiger partial charge in [0.15, 0.2) is 0 Å². The third kappa shape index (κ3) is 4.59. The van der Waals surface area contributed by atoms with Crippen LogP contribution >= 0.6 is 15.9 Å². The molecule has 26 heavy (non-hydrogen) atoms. The molecule has 0 radical (unpaired) electrons. The van der Waals surface area contributed by atoms with Gasteiger partial charge >= 0.3 is 0 Å². The molecule has 0 aliphatic carbocycles. The molecule has 134 valence electrons. The topological polar surface area (TPSA) is 48.0 Å². The minimum Gasteiger partial charge on any atom is -0.490 e. The first-order chi connectivity index (χ1) is 12.5. The van der Waals surface area contributed by atoms with E-state index in [0.717, 1.165) is 22.5 Å². The minimum atomic E-state index is -0.0668. The Morgan fingerprint density at radius 3 is 2.73 bits per heavy atom. The van der Waals surface area contributed by atoms with Crippen LogP contribution in [0.25, 0.3) is 5.65 Å². The Morgan fingerprint density at radius 2 is 2.00 bits per heavy atom. The summed E-state index contributed by atoms with van der Waals surface area (Å²) in [6.07, 6.45) is 3.46. The molecular weight excluding hydrogens is 394 g/mol. The van der Waals surface area contributed by atoms with Crippen LogP contribution in [0.15, 0.2) is 70.6 Å². The lowest BCUT2D eigenvalue weighted by Gasteiger charge is -2.14. The van der Waals surface area contributed by atoms with Gasteiger partial charge in [-0.2, -0.15) is 0 Å². The zero-order valence-corrected chi connectivity index (χ0v) is 16.2. The zero-order valence-electron chi connectivity index (χ0n) is 14.6. The van der Waals surface area contributed by atoms with Gasteiger partial charge in [-0.3, -0.25) is 9.20 Å². The number of fused-ring (bicyclic) bond motifs is 1. The van der Waals surface area contributed by atoms with Gasteiger partial charge in [0.05, 0.1) is 7.05 Å². The summed E-state index contributed by atoms with van der Waals surface area (Å²) in [7, 11) is 2.09. The molecule has 0 aliphatic rings. The smallest absolute Gasteiger partial charge is 0.258 e. The molecule has 3 rings (SSSR count). The molecular formula is C20H21BrN3O2+. The fraction of sp³-hybridized carbons (Fsp3) is 0.200. The van der Waals surface area contributed by atoms with Gasteiger partial charge in [0.1, 0.15) is 36.8 Å². The molecule has 3 aromatic rings. The first kappa shape index (κ1) is 18.4. The summed E-state index contributed by atoms with van der Waals surface area (Å²) in [6, 6.07) is 13.4. The highest BCUT2D eigenvalue weighted by atomic mass is 79.9. The van der Waals surface area contributed by atoms with Crippen LogP contribution < -0.4 is 15.2 Å². The average Bonchev–Trinajstić information content (AvgIpc) is 2.62. The molecule has 0 spiro atoms. The molecule has 1 unspecified atom stereocenters. The van der Waals surface area contributed by atoms with Crippen molar-refractivity contribution in [1.82, 2.24) is 9.38 Å². The number of quaternary nitrogens is 1. The molecule has 0 saturated carbocycles. The van der Waals surface area contributed by atoms with Crippen molar-refractivity contribution >= 4 is 21.6 Å². The molecule has 1 aromatic carbocycles. The Morgan fingerprint density at radius 1 is 1.23 bits per heavy atom. The number of nitrogens with zero attached hydrogens (tertiary/aromatic N) is 2. The molecule has 1 atom stereocenters. The van der Waals surface area contributed by atoms with E-state index in [1.807, 2.05) is 24.3 Å². The summed E-state index contributed by atoms with van der Waals surface area (Å²) in [5, 5.41) is 0. The quantitative estimate of drug-likeness (QED) is 0.603. The number of aromatic nitrogens is 2. The maximum Gasteiger partial charge on any atom is 0.258 e. The van der Waals surface area contributed by atoms with Crippen molar-refractivity contribution in [2.75, 3.05) is 13.7 Å². The number of nitrogens with one attached hydrogen (secondary N) is 1. The minimum absolute atomic E-state index is 0.0668. The monoisotopic (exact) mass is 414 g/mol. The van der Waals surface area contributed by atoms with Gasteiger partial charge in [0.25, 0.3) is 5.56 Å². The van der Waals surface area contributed by atoms with Gasteiger partial charge in [-0.1, -0.05) is 12.7 Å². The molecule has 0 amide bonds. The highest BCUT2D eigenvalue weighted by Gasteiger charge is 2.09. The van der Waals surface area contributed by atoms with Gasteiger partial charge in [-0.25, -0.2) is 4.98 Å². The van der Waals surface area contributed by atoms with Crippen LogP contribution in [0.3, 0.4) is 0 Å². The second kappa shape index (κ2) is 8.29. The van der Waals surface area contributed by atoms with Gasteiger partial charge in [-0.15, -0.1) is 0 Å². The summed E-state index contributed by atoms with van der Waals surface area (Å²) in [6.45, 7) is 5.66. The molecule has 2 aromatic heterocycles. The van der Waals surface area contributed by atoms with Gasteiger partial charge in [-0.05, 0) is 52.3 Å². The van der Waals surface area contributed by atoms with Gasteiger partial charge in [0, 0.05) is 22.3 Å². The SMILES string of the molecule is C=CCOc1ccc(C[NH+](C)Cc2cc(=O)n3cc(Br)ccc3n2)cc1. The van der Waals surface area contributed by atoms with Crippen LogP contribution in [0, 0.1) is 0 Å². The normalized spacial score (nSPS) is 12.1. The van der Waals surface area contributed by atoms with Crippen molar-refractivity contribution in [3.63, 3.8) is 0 Å². The maximum atomic E-state index is 12.3. The predicted molar refractivity (Wildman–Crippen MR) is 106 cm³/mol. The molecule has 0 saturated heterocycles. The lowest BCUT2D eigenvalue weighted by molar-refractivity contribution is -0.908. The van der Waals surface area contributed by atoms with E-state index in [9.17, 15) is 4.79 Å². The number of halogens is 1. The van der Waals surface area contributed by atoms with E-state index in [-0.39, 0.29) is 5.56 Å². The number of hydrogen-bond donors (Lipinski definition) is 1. The van der Waals surface area contributed by atoms with E-state index in [4.69, 9.17) is 4.74 Å². The third-order valence-electron chi connectivity index (χ3n) is 3.96. The Hall–Kier alpha value is -2.44. The van der Waals surface area contributed by atoms with Crippen molar-refractivity contribution in [3.8, 4) is 5.75 Å². The second-order valence-corrected chi connectivity index (χ2v) is 7.13. The average molecular weight is 415 g/mol. The molecule has 1 N–H and O–H groups in total. The summed E-state index contributed by atoms with van der Waals surface area (Å²) < 4.78 is 7.90. The van der Waals surface area contributed by atoms with Crippen LogP contribution in [-0.4, -0.2) is 23.0 Å². The van der Waals surface area contributed by atoms with Crippen molar-refractivity contribution in [2.24, 2.45) is 0 Å². The van der Waals surface area contributed by atoms with E-state index in [2.05, 4.69) is 46.7 Å². The van der Waals surface area contributed by atoms with Crippen LogP contribution in [0.4, 0.5) is 0 Å². The van der Waals surface area contributed by atoms with Gasteiger partial charge < -0.3 is 9.64 Å². The first-order valence-corrected chi connectivity index (χ1v) is 9.16. The van der Waals surface area contributed by atoms with E-state index in [1.165, 1.54) is 10.5 Å². The van der Waals surface area contributed by atoms with Crippen LogP contribution in [0.1, 0.15) is 11.3 Å². The fourth-order valence-corrected chi connectivity index (χ4v) is 3.13. The zero-order chi connectivity index (χ0) is 18.5. The number of pyridine rings is 1. The molecule has 0 aliphatic heterocycles. The maximum absolute atomic E-state index is 12.3. The van der Waals surface area contributed by atoms with Crippen LogP contribution in [0.2, 0.25) is 0 Å². The highest BCUT2D eigenvalue weighted by molar-refractivity contribution is 9.10. The Balaban J connectivity index is 1.68. The van der Waals surface area contributed by atoms with E-state index in [0.29, 0.717) is 18.8 Å². The van der Waals surface area contributed by atoms with E-state index < -0.39 is 0 Å². The van der Waals surface area contributed by atoms with E-state index in [1.54, 1.807) is 22.7 Å². The predicted octanol–water partition coefficient (Wildman–Crippen LogP) is 2.24. The van der Waals surface area contributed by atoms with Crippen molar-refractivity contribution in [3.05, 3.63) is 87.4 Å². The standard InChI is InChI=1S/C20H20BrN3O2/c1-3-10-26-18-7-4-15(5-8-18)12-23(2)14-17-11-20(25)24-13-16(21)6-9-19(24)22-17/h3-9,11,13H,1,10,12,14H2,2H3/p+1. The van der Waals surface area contributed by atoms with Crippen molar-refractivity contribution in [2.45, 2.75) is 13.1 Å². The Labute approximate surface area is 160 Å². The number of ether oxygens (including phenoxy) is 1. The molecule has 0 fully saturated rings. The lowest BCUT2D eigenvalue weighted by Crippen LogP contribution is -3.06. The molecule has 2 heterocycles. The number of rotatable bonds is 7. The van der Waals surface area contributed by atoms with Crippen molar-refractivity contribution in [1.29, 1.82) is 0 Å². The van der Waals surface area contributed by atoms with Gasteiger partial charge in [0.2, 0.25) is 0 Å². The summed E-state index contributed by atoms with van der Waals surface area (Å²) in [5.41, 5.74) is 2.59. The molecule has 5 nitrogen and oxygen atoms in total. The summed E-state index contributed by atoms with van der Waals surface area (Å²) >= 11 is 3.38.